The lowest BCUT2D eigenvalue weighted by Gasteiger charge is -2.13. The van der Waals surface area contributed by atoms with Crippen molar-refractivity contribution in [1.82, 2.24) is 9.38 Å². The van der Waals surface area contributed by atoms with Crippen molar-refractivity contribution >= 4 is 32.0 Å². The number of aromatic nitrogens is 2. The summed E-state index contributed by atoms with van der Waals surface area (Å²) in [6, 6.07) is 5.34. The van der Waals surface area contributed by atoms with Crippen LogP contribution in [0, 0.1) is 27.7 Å². The van der Waals surface area contributed by atoms with Crippen LogP contribution in [0.1, 0.15) is 22.5 Å². The highest BCUT2D eigenvalue weighted by Crippen LogP contribution is 2.22. The maximum Gasteiger partial charge on any atom is 0.279 e. The predicted molar refractivity (Wildman–Crippen MR) is 95.5 cm³/mol. The monoisotopic (exact) mass is 363 g/mol. The minimum atomic E-state index is -4.04. The normalized spacial score (nSPS) is 11.8. The molecule has 2 aromatic heterocycles. The van der Waals surface area contributed by atoms with Gasteiger partial charge in [0.25, 0.3) is 15.6 Å². The average Bonchev–Trinajstić information content (AvgIpc) is 2.84. The quantitative estimate of drug-likeness (QED) is 0.776. The highest BCUT2D eigenvalue weighted by molar-refractivity contribution is 7.92. The number of anilines is 1. The van der Waals surface area contributed by atoms with E-state index < -0.39 is 15.6 Å². The topological polar surface area (TPSA) is 80.5 Å². The van der Waals surface area contributed by atoms with Gasteiger partial charge in [0, 0.05) is 11.1 Å². The molecule has 0 saturated carbocycles. The molecule has 1 N–H and O–H groups in total. The Kier molecular flexibility index (Phi) is 3.97. The van der Waals surface area contributed by atoms with Crippen molar-refractivity contribution in [3.63, 3.8) is 0 Å². The Labute approximate surface area is 143 Å². The summed E-state index contributed by atoms with van der Waals surface area (Å²) in [5.41, 5.74) is 2.52. The summed E-state index contributed by atoms with van der Waals surface area (Å²) >= 11 is 1.31. The molecule has 1 aromatic carbocycles. The maximum absolute atomic E-state index is 12.8. The number of sulfonamides is 1. The zero-order valence-electron chi connectivity index (χ0n) is 13.7. The number of nitrogens with zero attached hydrogens (tertiary/aromatic N) is 2. The van der Waals surface area contributed by atoms with Gasteiger partial charge in [0.1, 0.15) is 0 Å². The molecule has 0 aliphatic carbocycles. The zero-order chi connectivity index (χ0) is 17.6. The largest absolute Gasteiger partial charge is 0.279 e. The Morgan fingerprint density at radius 2 is 1.88 bits per heavy atom. The third-order valence-corrected chi connectivity index (χ3v) is 6.43. The Balaban J connectivity index is 2.20. The molecule has 0 aliphatic heterocycles. The number of benzene rings is 1. The van der Waals surface area contributed by atoms with Gasteiger partial charge in [-0.2, -0.15) is 0 Å². The Morgan fingerprint density at radius 3 is 2.58 bits per heavy atom. The molecule has 8 heteroatoms. The second kappa shape index (κ2) is 5.71. The summed E-state index contributed by atoms with van der Waals surface area (Å²) in [5, 5.41) is 1.78. The third kappa shape index (κ3) is 2.61. The molecule has 126 valence electrons. The van der Waals surface area contributed by atoms with E-state index in [2.05, 4.69) is 9.71 Å². The summed E-state index contributed by atoms with van der Waals surface area (Å²) in [6.07, 6.45) is 0. The van der Waals surface area contributed by atoms with Crippen LogP contribution in [-0.4, -0.2) is 17.8 Å². The standard InChI is InChI=1S/C16H17N3O3S2/c1-9-6-5-7-13(11(9)3)18-24(21,22)14-12(4)17-16-19(15(14)20)10(2)8-23-16/h5-8,18H,1-4H3. The molecule has 0 unspecified atom stereocenters. The van der Waals surface area contributed by atoms with Crippen LogP contribution in [0.2, 0.25) is 0 Å². The number of fused-ring (bicyclic) bond motifs is 1. The summed E-state index contributed by atoms with van der Waals surface area (Å²) in [4.78, 5) is 17.2. The maximum atomic E-state index is 12.8. The van der Waals surface area contributed by atoms with Gasteiger partial charge in [-0.05, 0) is 44.9 Å². The lowest BCUT2D eigenvalue weighted by Crippen LogP contribution is -2.28. The van der Waals surface area contributed by atoms with Gasteiger partial charge in [-0.15, -0.1) is 11.3 Å². The second-order valence-corrected chi connectivity index (χ2v) is 8.14. The first kappa shape index (κ1) is 16.7. The number of rotatable bonds is 3. The molecule has 2 heterocycles. The minimum Gasteiger partial charge on any atom is -0.279 e. The lowest BCUT2D eigenvalue weighted by atomic mass is 10.1. The first-order chi connectivity index (χ1) is 11.2. The second-order valence-electron chi connectivity index (χ2n) is 5.68. The van der Waals surface area contributed by atoms with Crippen LogP contribution in [0.5, 0.6) is 0 Å². The van der Waals surface area contributed by atoms with Crippen molar-refractivity contribution in [2.75, 3.05) is 4.72 Å². The first-order valence-corrected chi connectivity index (χ1v) is 9.65. The predicted octanol–water partition coefficient (Wildman–Crippen LogP) is 2.79. The summed E-state index contributed by atoms with van der Waals surface area (Å²) in [7, 11) is -4.04. The molecule has 0 atom stereocenters. The van der Waals surface area contributed by atoms with Crippen molar-refractivity contribution in [1.29, 1.82) is 0 Å². The van der Waals surface area contributed by atoms with Gasteiger partial charge < -0.3 is 0 Å². The molecule has 24 heavy (non-hydrogen) atoms. The van der Waals surface area contributed by atoms with E-state index in [0.717, 1.165) is 11.1 Å². The molecule has 0 saturated heterocycles. The van der Waals surface area contributed by atoms with Crippen LogP contribution < -0.4 is 10.3 Å². The molecule has 0 radical (unpaired) electrons. The van der Waals surface area contributed by atoms with Crippen molar-refractivity contribution in [2.24, 2.45) is 0 Å². The van der Waals surface area contributed by atoms with Crippen molar-refractivity contribution in [2.45, 2.75) is 32.6 Å². The summed E-state index contributed by atoms with van der Waals surface area (Å²) < 4.78 is 29.5. The van der Waals surface area contributed by atoms with Gasteiger partial charge in [0.15, 0.2) is 9.86 Å². The van der Waals surface area contributed by atoms with Crippen LogP contribution in [0.4, 0.5) is 5.69 Å². The molecule has 0 aliphatic rings. The molecule has 0 fully saturated rings. The van der Waals surface area contributed by atoms with Crippen molar-refractivity contribution < 1.29 is 8.42 Å². The van der Waals surface area contributed by atoms with Crippen LogP contribution in [0.25, 0.3) is 4.96 Å². The van der Waals surface area contributed by atoms with Crippen LogP contribution in [0.3, 0.4) is 0 Å². The number of hydrogen-bond acceptors (Lipinski definition) is 5. The van der Waals surface area contributed by atoms with Gasteiger partial charge >= 0.3 is 0 Å². The fraction of sp³-hybridized carbons (Fsp3) is 0.250. The smallest absolute Gasteiger partial charge is 0.279 e. The van der Waals surface area contributed by atoms with Crippen molar-refractivity contribution in [3.8, 4) is 0 Å². The van der Waals surface area contributed by atoms with E-state index in [-0.39, 0.29) is 10.6 Å². The average molecular weight is 363 g/mol. The number of aryl methyl sites for hydroxylation is 3. The number of hydrogen-bond donors (Lipinski definition) is 1. The van der Waals surface area contributed by atoms with E-state index in [1.807, 2.05) is 19.9 Å². The third-order valence-electron chi connectivity index (χ3n) is 3.99. The van der Waals surface area contributed by atoms with E-state index in [4.69, 9.17) is 0 Å². The van der Waals surface area contributed by atoms with E-state index in [1.54, 1.807) is 24.4 Å². The molecule has 0 spiro atoms. The van der Waals surface area contributed by atoms with Crippen LogP contribution in [-0.2, 0) is 10.0 Å². The fourth-order valence-electron chi connectivity index (χ4n) is 2.54. The molecule has 3 rings (SSSR count). The van der Waals surface area contributed by atoms with Gasteiger partial charge in [-0.3, -0.25) is 13.9 Å². The summed E-state index contributed by atoms with van der Waals surface area (Å²) in [5.74, 6) is 0. The Bertz CT molecular complexity index is 1110. The minimum absolute atomic E-state index is 0.194. The van der Waals surface area contributed by atoms with E-state index in [0.29, 0.717) is 16.3 Å². The van der Waals surface area contributed by atoms with Gasteiger partial charge in [0.05, 0.1) is 11.4 Å². The molecule has 6 nitrogen and oxygen atoms in total. The van der Waals surface area contributed by atoms with Gasteiger partial charge in [-0.25, -0.2) is 13.4 Å². The van der Waals surface area contributed by atoms with Gasteiger partial charge in [0.2, 0.25) is 0 Å². The first-order valence-electron chi connectivity index (χ1n) is 7.29. The highest BCUT2D eigenvalue weighted by Gasteiger charge is 2.25. The Hall–Kier alpha value is -2.19. The van der Waals surface area contributed by atoms with E-state index in [1.165, 1.54) is 22.7 Å². The van der Waals surface area contributed by atoms with E-state index in [9.17, 15) is 13.2 Å². The van der Waals surface area contributed by atoms with Crippen LogP contribution in [0.15, 0.2) is 33.3 Å². The lowest BCUT2D eigenvalue weighted by molar-refractivity contribution is 0.598. The van der Waals surface area contributed by atoms with Crippen LogP contribution >= 0.6 is 11.3 Å². The number of nitrogens with one attached hydrogen (secondary N) is 1. The summed E-state index contributed by atoms with van der Waals surface area (Å²) in [6.45, 7) is 7.01. The Morgan fingerprint density at radius 1 is 1.17 bits per heavy atom. The molecular formula is C16H17N3O3S2. The molecule has 0 amide bonds. The number of thiazole rings is 1. The van der Waals surface area contributed by atoms with E-state index >= 15 is 0 Å². The fourth-order valence-corrected chi connectivity index (χ4v) is 4.81. The molecule has 3 aromatic rings. The van der Waals surface area contributed by atoms with Crippen molar-refractivity contribution in [3.05, 3.63) is 56.4 Å². The van der Waals surface area contributed by atoms with Gasteiger partial charge in [-0.1, -0.05) is 12.1 Å². The highest BCUT2D eigenvalue weighted by atomic mass is 32.2. The zero-order valence-corrected chi connectivity index (χ0v) is 15.4. The molecular weight excluding hydrogens is 346 g/mol. The molecule has 0 bridgehead atoms. The SMILES string of the molecule is Cc1cccc(NS(=O)(=O)c2c(C)nc3scc(C)n3c2=O)c1C.